The molecule has 6 heteroatoms. The minimum Gasteiger partial charge on any atom is -0.382 e. The molecule has 0 radical (unpaired) electrons. The van der Waals surface area contributed by atoms with Crippen molar-refractivity contribution in [2.75, 3.05) is 38.8 Å². The van der Waals surface area contributed by atoms with E-state index >= 15 is 0 Å². The maximum absolute atomic E-state index is 13.0. The van der Waals surface area contributed by atoms with Gasteiger partial charge in [0.1, 0.15) is 5.82 Å². The Morgan fingerprint density at radius 2 is 2.22 bits per heavy atom. The summed E-state index contributed by atoms with van der Waals surface area (Å²) in [7, 11) is 1.64. The fourth-order valence-corrected chi connectivity index (χ4v) is 2.32. The van der Waals surface area contributed by atoms with Crippen LogP contribution < -0.4 is 5.32 Å². The molecule has 0 aliphatic heterocycles. The number of anilines is 1. The topological polar surface area (TPSA) is 43.4 Å². The molecule has 0 fully saturated rings. The number of nitrogens with zero attached hydrogens (tertiary/aromatic N) is 1. The summed E-state index contributed by atoms with van der Waals surface area (Å²) in [5, 5.41) is 3.93. The van der Waals surface area contributed by atoms with E-state index in [-0.39, 0.29) is 5.82 Å². The average Bonchev–Trinajstić information content (AvgIpc) is 2.75. The predicted octanol–water partition coefficient (Wildman–Crippen LogP) is 2.51. The summed E-state index contributed by atoms with van der Waals surface area (Å²) in [6.07, 6.45) is 0. The Hall–Kier alpha value is -1.24. The number of hydrogen-bond donors (Lipinski definition) is 1. The summed E-state index contributed by atoms with van der Waals surface area (Å²) in [6, 6.07) is 4.62. The zero-order valence-corrected chi connectivity index (χ0v) is 10.9. The predicted molar refractivity (Wildman–Crippen MR) is 70.8 cm³/mol. The third kappa shape index (κ3) is 3.63. The highest BCUT2D eigenvalue weighted by atomic mass is 32.1. The number of rotatable bonds is 7. The smallest absolute Gasteiger partial charge is 0.183 e. The number of halogens is 1. The largest absolute Gasteiger partial charge is 0.382 e. The van der Waals surface area contributed by atoms with Gasteiger partial charge < -0.3 is 14.8 Å². The molecule has 0 saturated heterocycles. The first-order valence-electron chi connectivity index (χ1n) is 5.66. The van der Waals surface area contributed by atoms with Crippen molar-refractivity contribution in [1.29, 1.82) is 0 Å². The number of ether oxygens (including phenoxy) is 2. The van der Waals surface area contributed by atoms with Gasteiger partial charge in [-0.05, 0) is 12.1 Å². The molecule has 0 saturated carbocycles. The molecule has 1 heterocycles. The van der Waals surface area contributed by atoms with Crippen LogP contribution in [0.15, 0.2) is 18.2 Å². The molecule has 98 valence electrons. The number of methoxy groups -OCH3 is 1. The molecule has 4 nitrogen and oxygen atoms in total. The van der Waals surface area contributed by atoms with Gasteiger partial charge in [-0.2, -0.15) is 0 Å². The quantitative estimate of drug-likeness (QED) is 0.785. The average molecular weight is 270 g/mol. The lowest BCUT2D eigenvalue weighted by atomic mass is 10.3. The number of nitrogens with one attached hydrogen (secondary N) is 1. The highest BCUT2D eigenvalue weighted by molar-refractivity contribution is 7.22. The van der Waals surface area contributed by atoms with Crippen molar-refractivity contribution in [3.05, 3.63) is 24.0 Å². The minimum atomic E-state index is -0.262. The summed E-state index contributed by atoms with van der Waals surface area (Å²) in [5.41, 5.74) is 0.683. The first-order valence-corrected chi connectivity index (χ1v) is 6.48. The van der Waals surface area contributed by atoms with E-state index in [1.165, 1.54) is 23.5 Å². The SMILES string of the molecule is COCCOCCNc1nc2cc(F)ccc2s1. The molecule has 1 N–H and O–H groups in total. The lowest BCUT2D eigenvalue weighted by Crippen LogP contribution is -2.11. The molecular formula is C12H15FN2O2S. The van der Waals surface area contributed by atoms with Crippen LogP contribution >= 0.6 is 11.3 Å². The number of aromatic nitrogens is 1. The molecule has 0 spiro atoms. The van der Waals surface area contributed by atoms with Gasteiger partial charge in [0.2, 0.25) is 0 Å². The van der Waals surface area contributed by atoms with Crippen LogP contribution in [0.25, 0.3) is 10.2 Å². The first kappa shape index (κ1) is 13.2. The Balaban J connectivity index is 1.81. The van der Waals surface area contributed by atoms with E-state index < -0.39 is 0 Å². The van der Waals surface area contributed by atoms with Crippen molar-refractivity contribution in [3.8, 4) is 0 Å². The summed E-state index contributed by atoms with van der Waals surface area (Å²) in [6.45, 7) is 2.45. The van der Waals surface area contributed by atoms with Gasteiger partial charge >= 0.3 is 0 Å². The van der Waals surface area contributed by atoms with E-state index in [1.807, 2.05) is 0 Å². The Bertz CT molecular complexity index is 504. The third-order valence-electron chi connectivity index (χ3n) is 2.30. The summed E-state index contributed by atoms with van der Waals surface area (Å²) >= 11 is 1.51. The van der Waals surface area contributed by atoms with E-state index in [0.29, 0.717) is 31.9 Å². The van der Waals surface area contributed by atoms with Gasteiger partial charge in [-0.25, -0.2) is 9.37 Å². The standard InChI is InChI=1S/C12H15FN2O2S/c1-16-6-7-17-5-4-14-12-15-10-8-9(13)2-3-11(10)18-12/h2-3,8H,4-7H2,1H3,(H,14,15). The maximum Gasteiger partial charge on any atom is 0.183 e. The van der Waals surface area contributed by atoms with Gasteiger partial charge in [-0.3, -0.25) is 0 Å². The monoisotopic (exact) mass is 270 g/mol. The Kier molecular flexibility index (Phi) is 4.86. The van der Waals surface area contributed by atoms with E-state index in [9.17, 15) is 4.39 Å². The lowest BCUT2D eigenvalue weighted by molar-refractivity contribution is 0.0759. The Morgan fingerprint density at radius 1 is 1.33 bits per heavy atom. The fraction of sp³-hybridized carbons (Fsp3) is 0.417. The number of benzene rings is 1. The second-order valence-electron chi connectivity index (χ2n) is 3.66. The van der Waals surface area contributed by atoms with Crippen molar-refractivity contribution >= 4 is 26.7 Å². The van der Waals surface area contributed by atoms with Gasteiger partial charge in [0.25, 0.3) is 0 Å². The van der Waals surface area contributed by atoms with Gasteiger partial charge in [-0.1, -0.05) is 11.3 Å². The molecule has 0 aliphatic carbocycles. The van der Waals surface area contributed by atoms with Crippen LogP contribution in [0.1, 0.15) is 0 Å². The number of thiazole rings is 1. The molecule has 0 amide bonds. The van der Waals surface area contributed by atoms with E-state index in [4.69, 9.17) is 9.47 Å². The summed E-state index contributed by atoms with van der Waals surface area (Å²) in [4.78, 5) is 4.29. The van der Waals surface area contributed by atoms with Crippen molar-refractivity contribution in [2.45, 2.75) is 0 Å². The molecule has 2 rings (SSSR count). The Labute approximate surface area is 109 Å². The third-order valence-corrected chi connectivity index (χ3v) is 3.30. The molecule has 0 bridgehead atoms. The second kappa shape index (κ2) is 6.63. The molecular weight excluding hydrogens is 255 g/mol. The summed E-state index contributed by atoms with van der Waals surface area (Å²) in [5.74, 6) is -0.262. The number of hydrogen-bond acceptors (Lipinski definition) is 5. The van der Waals surface area contributed by atoms with Crippen molar-refractivity contribution in [2.24, 2.45) is 0 Å². The van der Waals surface area contributed by atoms with Gasteiger partial charge in [0.15, 0.2) is 5.13 Å². The first-order chi connectivity index (χ1) is 8.79. The van der Waals surface area contributed by atoms with Crippen LogP contribution in [0.5, 0.6) is 0 Å². The van der Waals surface area contributed by atoms with Crippen LogP contribution in [0.4, 0.5) is 9.52 Å². The molecule has 1 aromatic carbocycles. The highest BCUT2D eigenvalue weighted by Crippen LogP contribution is 2.25. The van der Waals surface area contributed by atoms with Crippen LogP contribution in [-0.4, -0.2) is 38.5 Å². The van der Waals surface area contributed by atoms with Crippen LogP contribution in [0, 0.1) is 5.82 Å². The fourth-order valence-electron chi connectivity index (χ4n) is 1.45. The molecule has 2 aromatic rings. The molecule has 0 unspecified atom stereocenters. The van der Waals surface area contributed by atoms with Gasteiger partial charge in [0, 0.05) is 19.7 Å². The van der Waals surface area contributed by atoms with Crippen LogP contribution in [0.2, 0.25) is 0 Å². The molecule has 0 aliphatic rings. The molecule has 0 atom stereocenters. The van der Waals surface area contributed by atoms with E-state index in [0.717, 1.165) is 9.83 Å². The number of fused-ring (bicyclic) bond motifs is 1. The summed E-state index contributed by atoms with van der Waals surface area (Å²) < 4.78 is 24.1. The highest BCUT2D eigenvalue weighted by Gasteiger charge is 2.03. The van der Waals surface area contributed by atoms with Crippen LogP contribution in [0.3, 0.4) is 0 Å². The van der Waals surface area contributed by atoms with Crippen molar-refractivity contribution < 1.29 is 13.9 Å². The zero-order chi connectivity index (χ0) is 12.8. The van der Waals surface area contributed by atoms with E-state index in [1.54, 1.807) is 13.2 Å². The maximum atomic E-state index is 13.0. The Morgan fingerprint density at radius 3 is 3.06 bits per heavy atom. The lowest BCUT2D eigenvalue weighted by Gasteiger charge is -2.03. The van der Waals surface area contributed by atoms with Crippen molar-refractivity contribution in [3.63, 3.8) is 0 Å². The molecule has 1 aromatic heterocycles. The van der Waals surface area contributed by atoms with Gasteiger partial charge in [-0.15, -0.1) is 0 Å². The van der Waals surface area contributed by atoms with Crippen LogP contribution in [-0.2, 0) is 9.47 Å². The minimum absolute atomic E-state index is 0.262. The normalized spacial score (nSPS) is 11.0. The molecule has 18 heavy (non-hydrogen) atoms. The van der Waals surface area contributed by atoms with Gasteiger partial charge in [0.05, 0.1) is 30.0 Å². The van der Waals surface area contributed by atoms with E-state index in [2.05, 4.69) is 10.3 Å². The second-order valence-corrected chi connectivity index (χ2v) is 4.69. The zero-order valence-electron chi connectivity index (χ0n) is 10.1. The van der Waals surface area contributed by atoms with Crippen molar-refractivity contribution in [1.82, 2.24) is 4.98 Å².